The number of halogens is 1. The highest BCUT2D eigenvalue weighted by Crippen LogP contribution is 2.28. The molecule has 2 fully saturated rings. The summed E-state index contributed by atoms with van der Waals surface area (Å²) in [6.07, 6.45) is 3.44. The van der Waals surface area contributed by atoms with E-state index in [1.807, 2.05) is 4.90 Å². The fraction of sp³-hybridized carbons (Fsp3) is 0.478. The van der Waals surface area contributed by atoms with Crippen molar-refractivity contribution in [3.8, 4) is 0 Å². The largest absolute Gasteiger partial charge is 0.341 e. The molecule has 2 saturated heterocycles. The lowest BCUT2D eigenvalue weighted by atomic mass is 10.1. The summed E-state index contributed by atoms with van der Waals surface area (Å²) in [7, 11) is -2.45. The Bertz CT molecular complexity index is 1150. The summed E-state index contributed by atoms with van der Waals surface area (Å²) in [4.78, 5) is 29.5. The SMILES string of the molecule is C[C@H](C(=O)N1CCCCC1)N1CCC(N(C)S(=O)(=O)c2ccc3cc(Cl)ccc3c2)C1=O. The highest BCUT2D eigenvalue weighted by atomic mass is 35.5. The first-order valence-electron chi connectivity index (χ1n) is 11.0. The molecule has 2 aromatic rings. The van der Waals surface area contributed by atoms with E-state index in [1.165, 1.54) is 18.0 Å². The molecular formula is C23H28ClN3O4S. The summed E-state index contributed by atoms with van der Waals surface area (Å²) in [5, 5.41) is 2.17. The van der Waals surface area contributed by atoms with Crippen LogP contribution in [0.25, 0.3) is 10.8 Å². The Kier molecular flexibility index (Phi) is 6.47. The van der Waals surface area contributed by atoms with E-state index in [1.54, 1.807) is 37.3 Å². The van der Waals surface area contributed by atoms with Gasteiger partial charge in [0.15, 0.2) is 0 Å². The van der Waals surface area contributed by atoms with Gasteiger partial charge in [-0.15, -0.1) is 0 Å². The van der Waals surface area contributed by atoms with Crippen molar-refractivity contribution in [2.24, 2.45) is 0 Å². The van der Waals surface area contributed by atoms with E-state index in [9.17, 15) is 18.0 Å². The van der Waals surface area contributed by atoms with Gasteiger partial charge in [-0.3, -0.25) is 9.59 Å². The number of piperidine rings is 1. The van der Waals surface area contributed by atoms with Gasteiger partial charge in [-0.1, -0.05) is 23.7 Å². The van der Waals surface area contributed by atoms with E-state index >= 15 is 0 Å². The van der Waals surface area contributed by atoms with Crippen LogP contribution in [0.3, 0.4) is 0 Å². The zero-order chi connectivity index (χ0) is 23.0. The maximum Gasteiger partial charge on any atom is 0.245 e. The van der Waals surface area contributed by atoms with Gasteiger partial charge in [0.25, 0.3) is 0 Å². The average molecular weight is 478 g/mol. The standard InChI is InChI=1S/C23H28ClN3O4S/c1-16(22(28)26-11-4-3-5-12-26)27-13-10-21(23(27)29)25(2)32(30,31)20-9-7-17-14-19(24)8-6-18(17)15-20/h6-9,14-16,21H,3-5,10-13H2,1-2H3/t16-,21?/m1/s1. The molecule has 0 aliphatic carbocycles. The molecule has 0 bridgehead atoms. The minimum absolute atomic E-state index is 0.0580. The highest BCUT2D eigenvalue weighted by Gasteiger charge is 2.43. The summed E-state index contributed by atoms with van der Waals surface area (Å²) >= 11 is 6.02. The third-order valence-corrected chi connectivity index (χ3v) is 8.69. The molecule has 0 N–H and O–H groups in total. The molecule has 2 heterocycles. The Morgan fingerprint density at radius 3 is 2.44 bits per heavy atom. The van der Waals surface area contributed by atoms with Gasteiger partial charge in [0.2, 0.25) is 21.8 Å². The first-order chi connectivity index (χ1) is 15.2. The Morgan fingerprint density at radius 2 is 1.72 bits per heavy atom. The molecule has 2 aromatic carbocycles. The second kappa shape index (κ2) is 9.00. The van der Waals surface area contributed by atoms with Crippen LogP contribution in [0.2, 0.25) is 5.02 Å². The van der Waals surface area contributed by atoms with Gasteiger partial charge in [-0.25, -0.2) is 8.42 Å². The zero-order valence-electron chi connectivity index (χ0n) is 18.3. The molecule has 0 spiro atoms. The lowest BCUT2D eigenvalue weighted by molar-refractivity contribution is -0.144. The van der Waals surface area contributed by atoms with Gasteiger partial charge < -0.3 is 9.80 Å². The summed E-state index contributed by atoms with van der Waals surface area (Å²) < 4.78 is 27.7. The molecule has 1 unspecified atom stereocenters. The van der Waals surface area contributed by atoms with Crippen molar-refractivity contribution in [2.45, 2.75) is 49.6 Å². The summed E-state index contributed by atoms with van der Waals surface area (Å²) in [6, 6.07) is 8.68. The van der Waals surface area contributed by atoms with Crippen molar-refractivity contribution in [3.05, 3.63) is 41.4 Å². The number of likely N-dealkylation sites (N-methyl/N-ethyl adjacent to an activating group) is 1. The Hall–Kier alpha value is -2.16. The van der Waals surface area contributed by atoms with Crippen LogP contribution in [-0.2, 0) is 19.6 Å². The lowest BCUT2D eigenvalue weighted by Crippen LogP contribution is -2.51. The number of hydrogen-bond acceptors (Lipinski definition) is 4. The van der Waals surface area contributed by atoms with Crippen LogP contribution in [-0.4, -0.2) is 73.1 Å². The van der Waals surface area contributed by atoms with Gasteiger partial charge in [0.1, 0.15) is 12.1 Å². The quantitative estimate of drug-likeness (QED) is 0.662. The van der Waals surface area contributed by atoms with Crippen molar-refractivity contribution in [2.75, 3.05) is 26.7 Å². The third kappa shape index (κ3) is 4.23. The van der Waals surface area contributed by atoms with Crippen LogP contribution >= 0.6 is 11.6 Å². The maximum atomic E-state index is 13.3. The number of amides is 2. The van der Waals surface area contributed by atoms with Gasteiger partial charge >= 0.3 is 0 Å². The van der Waals surface area contributed by atoms with Gasteiger partial charge in [0.05, 0.1) is 4.90 Å². The monoisotopic (exact) mass is 477 g/mol. The van der Waals surface area contributed by atoms with E-state index in [0.717, 1.165) is 47.4 Å². The van der Waals surface area contributed by atoms with Crippen molar-refractivity contribution in [3.63, 3.8) is 0 Å². The van der Waals surface area contributed by atoms with Crippen LogP contribution in [0, 0.1) is 0 Å². The number of carbonyl (C=O) groups excluding carboxylic acids is 2. The number of likely N-dealkylation sites (tertiary alicyclic amines) is 2. The number of sulfonamides is 1. The number of nitrogens with zero attached hydrogens (tertiary/aromatic N) is 3. The molecule has 32 heavy (non-hydrogen) atoms. The molecule has 172 valence electrons. The molecule has 0 aromatic heterocycles. The van der Waals surface area contributed by atoms with Crippen molar-refractivity contribution >= 4 is 44.2 Å². The van der Waals surface area contributed by atoms with Crippen molar-refractivity contribution < 1.29 is 18.0 Å². The topological polar surface area (TPSA) is 78.0 Å². The van der Waals surface area contributed by atoms with E-state index in [2.05, 4.69) is 0 Å². The molecule has 2 aliphatic rings. The van der Waals surface area contributed by atoms with E-state index < -0.39 is 22.1 Å². The molecule has 0 saturated carbocycles. The summed E-state index contributed by atoms with van der Waals surface area (Å²) in [5.74, 6) is -0.376. The fourth-order valence-corrected chi connectivity index (χ4v) is 6.17. The average Bonchev–Trinajstić information content (AvgIpc) is 3.18. The highest BCUT2D eigenvalue weighted by molar-refractivity contribution is 7.89. The smallest absolute Gasteiger partial charge is 0.245 e. The number of rotatable bonds is 5. The van der Waals surface area contributed by atoms with E-state index in [4.69, 9.17) is 11.6 Å². The molecule has 2 aliphatic heterocycles. The molecule has 9 heteroatoms. The number of fused-ring (bicyclic) bond motifs is 1. The van der Waals surface area contributed by atoms with Crippen LogP contribution in [0.1, 0.15) is 32.6 Å². The summed E-state index contributed by atoms with van der Waals surface area (Å²) in [6.45, 7) is 3.53. The van der Waals surface area contributed by atoms with Crippen molar-refractivity contribution in [1.29, 1.82) is 0 Å². The molecular weight excluding hydrogens is 450 g/mol. The van der Waals surface area contributed by atoms with Crippen LogP contribution in [0.4, 0.5) is 0 Å². The van der Waals surface area contributed by atoms with Gasteiger partial charge in [-0.2, -0.15) is 4.31 Å². The minimum atomic E-state index is -3.89. The number of hydrogen-bond donors (Lipinski definition) is 0. The first kappa shape index (κ1) is 23.0. The predicted octanol–water partition coefficient (Wildman–Crippen LogP) is 3.12. The van der Waals surface area contributed by atoms with E-state index in [0.29, 0.717) is 18.0 Å². The molecule has 0 radical (unpaired) electrons. The number of benzene rings is 2. The lowest BCUT2D eigenvalue weighted by Gasteiger charge is -2.33. The summed E-state index contributed by atoms with van der Waals surface area (Å²) in [5.41, 5.74) is 0. The molecule has 2 amide bonds. The normalized spacial score (nSPS) is 20.9. The molecule has 7 nitrogen and oxygen atoms in total. The Labute approximate surface area is 194 Å². The second-order valence-corrected chi connectivity index (χ2v) is 11.0. The van der Waals surface area contributed by atoms with Crippen molar-refractivity contribution in [1.82, 2.24) is 14.1 Å². The van der Waals surface area contributed by atoms with E-state index in [-0.39, 0.29) is 16.7 Å². The first-order valence-corrected chi connectivity index (χ1v) is 12.8. The second-order valence-electron chi connectivity index (χ2n) is 8.57. The third-order valence-electron chi connectivity index (χ3n) is 6.59. The molecule has 2 atom stereocenters. The molecule has 4 rings (SSSR count). The predicted molar refractivity (Wildman–Crippen MR) is 124 cm³/mol. The maximum absolute atomic E-state index is 13.3. The minimum Gasteiger partial charge on any atom is -0.341 e. The van der Waals surface area contributed by atoms with Crippen LogP contribution in [0.5, 0.6) is 0 Å². The zero-order valence-corrected chi connectivity index (χ0v) is 19.9. The Balaban J connectivity index is 1.51. The van der Waals surface area contributed by atoms with Crippen LogP contribution in [0.15, 0.2) is 41.3 Å². The fourth-order valence-electron chi connectivity index (χ4n) is 4.61. The van der Waals surface area contributed by atoms with Gasteiger partial charge in [0, 0.05) is 31.7 Å². The van der Waals surface area contributed by atoms with Gasteiger partial charge in [-0.05, 0) is 67.6 Å². The Morgan fingerprint density at radius 1 is 1.06 bits per heavy atom. The van der Waals surface area contributed by atoms with Crippen LogP contribution < -0.4 is 0 Å². The number of carbonyl (C=O) groups is 2.